The first-order valence-electron chi connectivity index (χ1n) is 8.90. The molecule has 2 unspecified atom stereocenters. The van der Waals surface area contributed by atoms with Gasteiger partial charge in [-0.2, -0.15) is 4.31 Å². The van der Waals surface area contributed by atoms with Gasteiger partial charge in [-0.05, 0) is 42.7 Å². The van der Waals surface area contributed by atoms with Crippen molar-refractivity contribution >= 4 is 10.0 Å². The van der Waals surface area contributed by atoms with Crippen LogP contribution >= 0.6 is 0 Å². The smallest absolute Gasteiger partial charge is 0.243 e. The molecule has 2 atom stereocenters. The van der Waals surface area contributed by atoms with Crippen molar-refractivity contribution in [1.82, 2.24) is 9.21 Å². The van der Waals surface area contributed by atoms with E-state index in [1.54, 1.807) is 28.6 Å². The Hall–Kier alpha value is -0.910. The van der Waals surface area contributed by atoms with Gasteiger partial charge in [0.25, 0.3) is 0 Å². The van der Waals surface area contributed by atoms with Crippen molar-refractivity contribution < 1.29 is 8.42 Å². The molecular weight excluding hydrogens is 308 g/mol. The van der Waals surface area contributed by atoms with Gasteiger partial charge in [-0.1, -0.05) is 31.0 Å². The maximum atomic E-state index is 12.7. The first-order valence-corrected chi connectivity index (χ1v) is 10.3. The molecular formula is C18H26N2O2S. The van der Waals surface area contributed by atoms with Crippen LogP contribution in [0, 0.1) is 17.8 Å². The molecule has 0 radical (unpaired) electrons. The Morgan fingerprint density at radius 1 is 0.913 bits per heavy atom. The van der Waals surface area contributed by atoms with E-state index in [2.05, 4.69) is 4.90 Å². The first-order chi connectivity index (χ1) is 11.1. The molecule has 3 fully saturated rings. The zero-order valence-electron chi connectivity index (χ0n) is 13.6. The van der Waals surface area contributed by atoms with Crippen LogP contribution in [0.15, 0.2) is 35.2 Å². The molecule has 1 aromatic carbocycles. The number of rotatable bonds is 4. The average Bonchev–Trinajstić information content (AvgIpc) is 3.24. The van der Waals surface area contributed by atoms with Crippen LogP contribution in [0.25, 0.3) is 0 Å². The number of benzene rings is 1. The van der Waals surface area contributed by atoms with Crippen molar-refractivity contribution in [1.29, 1.82) is 0 Å². The van der Waals surface area contributed by atoms with Gasteiger partial charge in [0.15, 0.2) is 0 Å². The van der Waals surface area contributed by atoms with Crippen molar-refractivity contribution in [3.8, 4) is 0 Å². The molecule has 126 valence electrons. The molecule has 0 amide bonds. The fourth-order valence-corrected chi connectivity index (χ4v) is 6.27. The van der Waals surface area contributed by atoms with Gasteiger partial charge in [-0.3, -0.25) is 0 Å². The van der Waals surface area contributed by atoms with E-state index in [0.717, 1.165) is 19.0 Å². The lowest BCUT2D eigenvalue weighted by Crippen LogP contribution is -2.34. The summed E-state index contributed by atoms with van der Waals surface area (Å²) in [5, 5.41) is 0. The Kier molecular flexibility index (Phi) is 4.20. The van der Waals surface area contributed by atoms with E-state index in [1.807, 2.05) is 6.07 Å². The summed E-state index contributed by atoms with van der Waals surface area (Å²) in [6, 6.07) is 8.87. The number of sulfonamides is 1. The van der Waals surface area contributed by atoms with E-state index in [1.165, 1.54) is 32.2 Å². The fraction of sp³-hybridized carbons (Fsp3) is 0.667. The summed E-state index contributed by atoms with van der Waals surface area (Å²) in [5.74, 6) is 1.93. The van der Waals surface area contributed by atoms with Gasteiger partial charge in [-0.15, -0.1) is 0 Å². The molecule has 0 aromatic heterocycles. The molecule has 23 heavy (non-hydrogen) atoms. The molecule has 1 saturated carbocycles. The molecule has 1 aromatic rings. The van der Waals surface area contributed by atoms with Gasteiger partial charge >= 0.3 is 0 Å². The van der Waals surface area contributed by atoms with E-state index in [9.17, 15) is 8.42 Å². The van der Waals surface area contributed by atoms with E-state index in [0.29, 0.717) is 29.8 Å². The summed E-state index contributed by atoms with van der Waals surface area (Å²) < 4.78 is 27.2. The lowest BCUT2D eigenvalue weighted by Gasteiger charge is -2.23. The maximum absolute atomic E-state index is 12.7. The second-order valence-electron chi connectivity index (χ2n) is 7.52. The van der Waals surface area contributed by atoms with Gasteiger partial charge in [0.2, 0.25) is 10.0 Å². The summed E-state index contributed by atoms with van der Waals surface area (Å²) in [5.41, 5.74) is 0. The summed E-state index contributed by atoms with van der Waals surface area (Å²) in [6.07, 6.45) is 5.57. The van der Waals surface area contributed by atoms with Crippen LogP contribution in [0.3, 0.4) is 0 Å². The molecule has 2 heterocycles. The quantitative estimate of drug-likeness (QED) is 0.849. The predicted octanol–water partition coefficient (Wildman–Crippen LogP) is 2.43. The second-order valence-corrected chi connectivity index (χ2v) is 9.46. The highest BCUT2D eigenvalue weighted by molar-refractivity contribution is 7.89. The van der Waals surface area contributed by atoms with Crippen molar-refractivity contribution in [3.63, 3.8) is 0 Å². The molecule has 0 spiro atoms. The number of likely N-dealkylation sites (tertiary alicyclic amines) is 1. The van der Waals surface area contributed by atoms with Crippen molar-refractivity contribution in [2.24, 2.45) is 17.8 Å². The normalized spacial score (nSPS) is 30.1. The zero-order valence-corrected chi connectivity index (χ0v) is 14.4. The SMILES string of the molecule is O=S(=O)(c1ccccc1)N1CC2CN(CC3CCCC3)CC2C1. The minimum absolute atomic E-state index is 0.433. The zero-order chi connectivity index (χ0) is 15.9. The third-order valence-corrected chi connectivity index (χ3v) is 7.75. The summed E-state index contributed by atoms with van der Waals surface area (Å²) in [7, 11) is -3.31. The highest BCUT2D eigenvalue weighted by Gasteiger charge is 2.44. The van der Waals surface area contributed by atoms with Crippen LogP contribution in [0.1, 0.15) is 25.7 Å². The number of fused-ring (bicyclic) bond motifs is 1. The van der Waals surface area contributed by atoms with Crippen molar-refractivity contribution in [2.75, 3.05) is 32.7 Å². The Labute approximate surface area is 139 Å². The third kappa shape index (κ3) is 3.06. The minimum Gasteiger partial charge on any atom is -0.302 e. The summed E-state index contributed by atoms with van der Waals surface area (Å²) in [6.45, 7) is 4.80. The van der Waals surface area contributed by atoms with Gasteiger partial charge in [0.05, 0.1) is 4.90 Å². The van der Waals surface area contributed by atoms with Gasteiger partial charge in [0, 0.05) is 32.7 Å². The van der Waals surface area contributed by atoms with Crippen LogP contribution in [-0.4, -0.2) is 50.3 Å². The van der Waals surface area contributed by atoms with Crippen LogP contribution in [0.2, 0.25) is 0 Å². The molecule has 0 bridgehead atoms. The van der Waals surface area contributed by atoms with Crippen LogP contribution < -0.4 is 0 Å². The Morgan fingerprint density at radius 2 is 1.52 bits per heavy atom. The fourth-order valence-electron chi connectivity index (χ4n) is 4.69. The molecule has 2 aliphatic heterocycles. The molecule has 1 aliphatic carbocycles. The van der Waals surface area contributed by atoms with Crippen LogP contribution in [-0.2, 0) is 10.0 Å². The molecule has 4 rings (SSSR count). The Bertz CT molecular complexity index is 626. The number of nitrogens with zero attached hydrogens (tertiary/aromatic N) is 2. The van der Waals surface area contributed by atoms with Gasteiger partial charge < -0.3 is 4.90 Å². The van der Waals surface area contributed by atoms with Crippen molar-refractivity contribution in [3.05, 3.63) is 30.3 Å². The monoisotopic (exact) mass is 334 g/mol. The van der Waals surface area contributed by atoms with E-state index >= 15 is 0 Å². The Morgan fingerprint density at radius 3 is 2.13 bits per heavy atom. The molecule has 2 saturated heterocycles. The van der Waals surface area contributed by atoms with Gasteiger partial charge in [0.1, 0.15) is 0 Å². The number of hydrogen-bond acceptors (Lipinski definition) is 3. The molecule has 0 N–H and O–H groups in total. The average molecular weight is 334 g/mol. The number of hydrogen-bond donors (Lipinski definition) is 0. The lowest BCUT2D eigenvalue weighted by atomic mass is 10.0. The Balaban J connectivity index is 1.38. The maximum Gasteiger partial charge on any atom is 0.243 e. The second kappa shape index (κ2) is 6.19. The molecule has 5 heteroatoms. The third-order valence-electron chi connectivity index (χ3n) is 5.90. The predicted molar refractivity (Wildman–Crippen MR) is 90.6 cm³/mol. The highest BCUT2D eigenvalue weighted by atomic mass is 32.2. The first kappa shape index (κ1) is 15.6. The largest absolute Gasteiger partial charge is 0.302 e. The molecule has 3 aliphatic rings. The summed E-state index contributed by atoms with van der Waals surface area (Å²) in [4.78, 5) is 3.03. The highest BCUT2D eigenvalue weighted by Crippen LogP contribution is 2.35. The minimum atomic E-state index is -3.31. The standard InChI is InChI=1S/C18H26N2O2S/c21-23(22,18-8-2-1-3-9-18)20-13-16-11-19(12-17(16)14-20)10-15-6-4-5-7-15/h1-3,8-9,15-17H,4-7,10-14H2. The molecule has 4 nitrogen and oxygen atoms in total. The van der Waals surface area contributed by atoms with Crippen LogP contribution in [0.5, 0.6) is 0 Å². The van der Waals surface area contributed by atoms with E-state index in [-0.39, 0.29) is 0 Å². The van der Waals surface area contributed by atoms with Crippen molar-refractivity contribution in [2.45, 2.75) is 30.6 Å². The summed E-state index contributed by atoms with van der Waals surface area (Å²) >= 11 is 0. The van der Waals surface area contributed by atoms with E-state index in [4.69, 9.17) is 0 Å². The van der Waals surface area contributed by atoms with E-state index < -0.39 is 10.0 Å². The van der Waals surface area contributed by atoms with Gasteiger partial charge in [-0.25, -0.2) is 8.42 Å². The van der Waals surface area contributed by atoms with Crippen LogP contribution in [0.4, 0.5) is 0 Å². The topological polar surface area (TPSA) is 40.6 Å². The lowest BCUT2D eigenvalue weighted by molar-refractivity contribution is 0.253.